The number of hydrogen-bond acceptors (Lipinski definition) is 4. The van der Waals surface area contributed by atoms with E-state index in [1.807, 2.05) is 6.07 Å². The quantitative estimate of drug-likeness (QED) is 0.833. The van der Waals surface area contributed by atoms with Crippen molar-refractivity contribution in [3.8, 4) is 6.07 Å². The number of nitriles is 1. The first-order chi connectivity index (χ1) is 8.27. The minimum atomic E-state index is -3.83. The van der Waals surface area contributed by atoms with Crippen LogP contribution in [0.1, 0.15) is 6.92 Å². The molecular weight excluding hydrogens is 257 g/mol. The van der Waals surface area contributed by atoms with Gasteiger partial charge in [-0.05, 0) is 25.1 Å². The minimum Gasteiger partial charge on any atom is -0.399 e. The van der Waals surface area contributed by atoms with Gasteiger partial charge in [0, 0.05) is 19.3 Å². The Morgan fingerprint density at radius 3 is 2.61 bits per heavy atom. The highest BCUT2D eigenvalue weighted by Gasteiger charge is 2.23. The lowest BCUT2D eigenvalue weighted by Gasteiger charge is -2.18. The fourth-order valence-corrected chi connectivity index (χ4v) is 2.76. The lowest BCUT2D eigenvalue weighted by molar-refractivity contribution is 0.438. The molecule has 0 bridgehead atoms. The number of rotatable bonds is 4. The van der Waals surface area contributed by atoms with Gasteiger partial charge in [-0.1, -0.05) is 0 Å². The van der Waals surface area contributed by atoms with Crippen molar-refractivity contribution in [1.82, 2.24) is 4.31 Å². The third-order valence-corrected chi connectivity index (χ3v) is 4.15. The molecule has 1 aromatic rings. The molecule has 1 unspecified atom stereocenters. The molecule has 0 aliphatic heterocycles. The highest BCUT2D eigenvalue weighted by Crippen LogP contribution is 2.19. The second-order valence-electron chi connectivity index (χ2n) is 4.04. The van der Waals surface area contributed by atoms with Crippen LogP contribution in [0.2, 0.25) is 0 Å². The van der Waals surface area contributed by atoms with Gasteiger partial charge in [0.15, 0.2) is 0 Å². The van der Waals surface area contributed by atoms with Crippen LogP contribution in [-0.4, -0.2) is 26.3 Å². The Bertz CT molecular complexity index is 560. The van der Waals surface area contributed by atoms with Crippen LogP contribution >= 0.6 is 0 Å². The monoisotopic (exact) mass is 271 g/mol. The maximum Gasteiger partial charge on any atom is 0.243 e. The topological polar surface area (TPSA) is 87.2 Å². The summed E-state index contributed by atoms with van der Waals surface area (Å²) in [5.41, 5.74) is 5.45. The number of sulfonamides is 1. The second-order valence-corrected chi connectivity index (χ2v) is 6.08. The third kappa shape index (κ3) is 3.18. The van der Waals surface area contributed by atoms with Gasteiger partial charge >= 0.3 is 0 Å². The fraction of sp³-hybridized carbons (Fsp3) is 0.364. The van der Waals surface area contributed by atoms with Gasteiger partial charge < -0.3 is 5.73 Å². The van der Waals surface area contributed by atoms with Crippen molar-refractivity contribution in [3.05, 3.63) is 24.0 Å². The van der Waals surface area contributed by atoms with Gasteiger partial charge in [0.1, 0.15) is 5.82 Å². The SMILES string of the molecule is CC(C#N)CN(C)S(=O)(=O)c1cc(N)cc(F)c1. The molecule has 0 aromatic heterocycles. The summed E-state index contributed by atoms with van der Waals surface area (Å²) in [7, 11) is -2.49. The molecule has 1 aromatic carbocycles. The summed E-state index contributed by atoms with van der Waals surface area (Å²) in [4.78, 5) is -0.215. The molecule has 1 rings (SSSR count). The van der Waals surface area contributed by atoms with E-state index in [0.717, 1.165) is 16.4 Å². The standard InChI is InChI=1S/C11H14FN3O2S/c1-8(6-13)7-15(2)18(16,17)11-4-9(12)3-10(14)5-11/h3-5,8H,7,14H2,1-2H3. The number of halogens is 1. The summed E-state index contributed by atoms with van der Waals surface area (Å²) in [5.74, 6) is -1.16. The van der Waals surface area contributed by atoms with Gasteiger partial charge in [0.05, 0.1) is 16.9 Å². The van der Waals surface area contributed by atoms with Crippen LogP contribution in [0, 0.1) is 23.1 Å². The normalized spacial score (nSPS) is 13.3. The highest BCUT2D eigenvalue weighted by atomic mass is 32.2. The molecule has 0 saturated heterocycles. The van der Waals surface area contributed by atoms with Gasteiger partial charge in [0.2, 0.25) is 10.0 Å². The fourth-order valence-electron chi connectivity index (χ4n) is 1.44. The van der Waals surface area contributed by atoms with Crippen LogP contribution in [0.25, 0.3) is 0 Å². The van der Waals surface area contributed by atoms with Crippen LogP contribution in [0.3, 0.4) is 0 Å². The molecule has 98 valence electrons. The molecule has 0 aliphatic carbocycles. The third-order valence-electron chi connectivity index (χ3n) is 2.35. The van der Waals surface area contributed by atoms with Crippen molar-refractivity contribution in [2.75, 3.05) is 19.3 Å². The number of nitrogens with zero attached hydrogens (tertiary/aromatic N) is 2. The van der Waals surface area contributed by atoms with Crippen molar-refractivity contribution < 1.29 is 12.8 Å². The summed E-state index contributed by atoms with van der Waals surface area (Å²) < 4.78 is 38.3. The van der Waals surface area contributed by atoms with Crippen LogP contribution in [0.15, 0.2) is 23.1 Å². The van der Waals surface area contributed by atoms with Crippen molar-refractivity contribution in [2.45, 2.75) is 11.8 Å². The van der Waals surface area contributed by atoms with Crippen LogP contribution in [0.5, 0.6) is 0 Å². The molecule has 0 saturated carbocycles. The predicted octanol–water partition coefficient (Wildman–Crippen LogP) is 1.19. The number of anilines is 1. The van der Waals surface area contributed by atoms with E-state index in [9.17, 15) is 12.8 Å². The van der Waals surface area contributed by atoms with Crippen molar-refractivity contribution in [2.24, 2.45) is 5.92 Å². The zero-order valence-corrected chi connectivity index (χ0v) is 10.9. The maximum atomic E-state index is 13.1. The average Bonchev–Trinajstić information content (AvgIpc) is 2.27. The zero-order valence-electron chi connectivity index (χ0n) is 10.1. The average molecular weight is 271 g/mol. The molecule has 0 fully saturated rings. The highest BCUT2D eigenvalue weighted by molar-refractivity contribution is 7.89. The number of hydrogen-bond donors (Lipinski definition) is 1. The van der Waals surface area contributed by atoms with E-state index in [4.69, 9.17) is 11.0 Å². The van der Waals surface area contributed by atoms with Crippen LogP contribution < -0.4 is 5.73 Å². The Labute approximate surface area is 106 Å². The summed E-state index contributed by atoms with van der Waals surface area (Å²) in [6.45, 7) is 1.64. The first-order valence-electron chi connectivity index (χ1n) is 5.19. The molecule has 0 aliphatic rings. The Balaban J connectivity index is 3.10. The van der Waals surface area contributed by atoms with E-state index in [0.29, 0.717) is 0 Å². The smallest absolute Gasteiger partial charge is 0.243 e. The van der Waals surface area contributed by atoms with Crippen molar-refractivity contribution in [1.29, 1.82) is 5.26 Å². The molecule has 2 N–H and O–H groups in total. The lowest BCUT2D eigenvalue weighted by Crippen LogP contribution is -2.30. The van der Waals surface area contributed by atoms with Crippen LogP contribution in [0.4, 0.5) is 10.1 Å². The molecule has 0 radical (unpaired) electrons. The van der Waals surface area contributed by atoms with Gasteiger partial charge in [-0.3, -0.25) is 0 Å². The largest absolute Gasteiger partial charge is 0.399 e. The zero-order chi connectivity index (χ0) is 13.9. The summed E-state index contributed by atoms with van der Waals surface area (Å²) in [5, 5.41) is 8.66. The molecule has 5 nitrogen and oxygen atoms in total. The molecule has 18 heavy (non-hydrogen) atoms. The van der Waals surface area contributed by atoms with E-state index >= 15 is 0 Å². The Morgan fingerprint density at radius 1 is 1.50 bits per heavy atom. The van der Waals surface area contributed by atoms with Gasteiger partial charge in [-0.2, -0.15) is 9.57 Å². The van der Waals surface area contributed by atoms with Crippen molar-refractivity contribution >= 4 is 15.7 Å². The van der Waals surface area contributed by atoms with Gasteiger partial charge in [-0.15, -0.1) is 0 Å². The first-order valence-corrected chi connectivity index (χ1v) is 6.63. The van der Waals surface area contributed by atoms with E-state index in [2.05, 4.69) is 0 Å². The lowest BCUT2D eigenvalue weighted by atomic mass is 10.2. The minimum absolute atomic E-state index is 0.0370. The molecule has 0 amide bonds. The predicted molar refractivity (Wildman–Crippen MR) is 65.4 cm³/mol. The molecule has 7 heteroatoms. The van der Waals surface area contributed by atoms with E-state index in [-0.39, 0.29) is 17.1 Å². The van der Waals surface area contributed by atoms with Gasteiger partial charge in [0.25, 0.3) is 0 Å². The Morgan fingerprint density at radius 2 is 2.11 bits per heavy atom. The number of benzene rings is 1. The summed E-state index contributed by atoms with van der Waals surface area (Å²) in [6.07, 6.45) is 0. The van der Waals surface area contributed by atoms with Gasteiger partial charge in [-0.25, -0.2) is 12.8 Å². The number of nitrogen functional groups attached to an aromatic ring is 1. The van der Waals surface area contributed by atoms with Crippen LogP contribution in [-0.2, 0) is 10.0 Å². The van der Waals surface area contributed by atoms with E-state index in [1.165, 1.54) is 13.1 Å². The summed E-state index contributed by atoms with van der Waals surface area (Å²) >= 11 is 0. The van der Waals surface area contributed by atoms with Crippen molar-refractivity contribution in [3.63, 3.8) is 0 Å². The Hall–Kier alpha value is -1.65. The summed E-state index contributed by atoms with van der Waals surface area (Å²) in [6, 6.07) is 5.06. The molecular formula is C11H14FN3O2S. The second kappa shape index (κ2) is 5.33. The number of nitrogens with two attached hydrogens (primary N) is 1. The molecule has 0 spiro atoms. The Kier molecular flexibility index (Phi) is 4.27. The molecule has 1 atom stereocenters. The maximum absolute atomic E-state index is 13.1. The first kappa shape index (κ1) is 14.4. The molecule has 0 heterocycles. The van der Waals surface area contributed by atoms with E-state index < -0.39 is 21.8 Å². The van der Waals surface area contributed by atoms with E-state index in [1.54, 1.807) is 6.92 Å².